The summed E-state index contributed by atoms with van der Waals surface area (Å²) in [6.45, 7) is 0. The molecule has 2 aromatic rings. The highest BCUT2D eigenvalue weighted by molar-refractivity contribution is 6.43. The number of amidine groups is 1. The molecule has 1 unspecified atom stereocenters. The molecule has 0 spiro atoms. The fraction of sp³-hybridized carbons (Fsp3) is 0.133. The van der Waals surface area contributed by atoms with E-state index in [1.54, 1.807) is 6.07 Å². The highest BCUT2D eigenvalue weighted by Crippen LogP contribution is 2.32. The van der Waals surface area contributed by atoms with Crippen molar-refractivity contribution in [3.05, 3.63) is 64.1 Å². The molecule has 1 atom stereocenters. The summed E-state index contributed by atoms with van der Waals surface area (Å²) in [5.74, 6) is 0.134. The predicted molar refractivity (Wildman–Crippen MR) is 87.3 cm³/mol. The first-order chi connectivity index (χ1) is 10.1. The van der Waals surface area contributed by atoms with E-state index >= 15 is 0 Å². The molecule has 6 heteroatoms. The summed E-state index contributed by atoms with van der Waals surface area (Å²) >= 11 is 12.2. The normalized spacial score (nSPS) is 13.0. The Labute approximate surface area is 133 Å². The van der Waals surface area contributed by atoms with Crippen molar-refractivity contribution in [3.8, 4) is 0 Å². The first kappa shape index (κ1) is 15.5. The van der Waals surface area contributed by atoms with Crippen LogP contribution in [0.4, 0.5) is 5.69 Å². The zero-order valence-electron chi connectivity index (χ0n) is 11.1. The first-order valence-corrected chi connectivity index (χ1v) is 7.09. The van der Waals surface area contributed by atoms with Crippen molar-refractivity contribution >= 4 is 34.7 Å². The number of halogens is 2. The molecule has 0 bridgehead atoms. The van der Waals surface area contributed by atoms with Crippen molar-refractivity contribution in [1.29, 1.82) is 0 Å². The molecule has 0 saturated carbocycles. The van der Waals surface area contributed by atoms with Gasteiger partial charge in [0.15, 0.2) is 0 Å². The number of nitrogens with one attached hydrogen (secondary N) is 1. The highest BCUT2D eigenvalue weighted by Gasteiger charge is 2.15. The number of nitrogens with zero attached hydrogens (tertiary/aromatic N) is 1. The van der Waals surface area contributed by atoms with Crippen LogP contribution in [0, 0.1) is 0 Å². The fourth-order valence-electron chi connectivity index (χ4n) is 1.99. The first-order valence-electron chi connectivity index (χ1n) is 6.33. The molecular weight excluding hydrogens is 309 g/mol. The minimum absolute atomic E-state index is 0.134. The van der Waals surface area contributed by atoms with Gasteiger partial charge in [-0.3, -0.25) is 0 Å². The number of nitrogens with two attached hydrogens (primary N) is 1. The van der Waals surface area contributed by atoms with Gasteiger partial charge in [0.05, 0.1) is 21.8 Å². The zero-order chi connectivity index (χ0) is 15.2. The summed E-state index contributed by atoms with van der Waals surface area (Å²) < 4.78 is 0. The van der Waals surface area contributed by atoms with Crippen molar-refractivity contribution < 1.29 is 5.21 Å². The Morgan fingerprint density at radius 2 is 1.86 bits per heavy atom. The number of oxime groups is 1. The molecule has 4 nitrogen and oxygen atoms in total. The summed E-state index contributed by atoms with van der Waals surface area (Å²) in [6.07, 6.45) is 0.337. The average molecular weight is 324 g/mol. The van der Waals surface area contributed by atoms with Crippen LogP contribution in [0.5, 0.6) is 0 Å². The zero-order valence-corrected chi connectivity index (χ0v) is 12.6. The summed E-state index contributed by atoms with van der Waals surface area (Å²) in [5.41, 5.74) is 7.33. The van der Waals surface area contributed by atoms with Gasteiger partial charge in [-0.05, 0) is 17.7 Å². The van der Waals surface area contributed by atoms with E-state index in [0.717, 1.165) is 5.56 Å². The molecule has 0 aliphatic rings. The third kappa shape index (κ3) is 4.03. The lowest BCUT2D eigenvalue weighted by Crippen LogP contribution is -2.21. The lowest BCUT2D eigenvalue weighted by Gasteiger charge is -2.21. The molecule has 0 aliphatic carbocycles. The van der Waals surface area contributed by atoms with E-state index in [0.29, 0.717) is 22.2 Å². The summed E-state index contributed by atoms with van der Waals surface area (Å²) in [6, 6.07) is 14.9. The molecule has 4 N–H and O–H groups in total. The van der Waals surface area contributed by atoms with E-state index in [9.17, 15) is 0 Å². The number of hydrogen-bond donors (Lipinski definition) is 3. The van der Waals surface area contributed by atoms with Gasteiger partial charge in [-0.25, -0.2) is 0 Å². The summed E-state index contributed by atoms with van der Waals surface area (Å²) in [4.78, 5) is 0. The topological polar surface area (TPSA) is 70.6 Å². The van der Waals surface area contributed by atoms with E-state index in [2.05, 4.69) is 10.5 Å². The number of anilines is 1. The molecule has 0 aliphatic heterocycles. The Balaban J connectivity index is 2.30. The van der Waals surface area contributed by atoms with Crippen LogP contribution in [-0.4, -0.2) is 11.0 Å². The number of rotatable bonds is 5. The molecule has 2 aromatic carbocycles. The molecule has 0 saturated heterocycles. The maximum absolute atomic E-state index is 8.78. The van der Waals surface area contributed by atoms with Crippen LogP contribution < -0.4 is 11.1 Å². The van der Waals surface area contributed by atoms with Crippen LogP contribution in [0.25, 0.3) is 0 Å². The van der Waals surface area contributed by atoms with Crippen LogP contribution >= 0.6 is 23.2 Å². The maximum Gasteiger partial charge on any atom is 0.141 e. The average Bonchev–Trinajstić information content (AvgIpc) is 2.51. The monoisotopic (exact) mass is 323 g/mol. The molecule has 110 valence electrons. The summed E-state index contributed by atoms with van der Waals surface area (Å²) in [5, 5.41) is 16.0. The van der Waals surface area contributed by atoms with Crippen LogP contribution in [0.3, 0.4) is 0 Å². The van der Waals surface area contributed by atoms with Crippen LogP contribution in [0.15, 0.2) is 53.7 Å². The summed E-state index contributed by atoms with van der Waals surface area (Å²) in [7, 11) is 0. The Morgan fingerprint density at radius 3 is 2.52 bits per heavy atom. The van der Waals surface area contributed by atoms with E-state index in [1.165, 1.54) is 0 Å². The lowest BCUT2D eigenvalue weighted by molar-refractivity contribution is 0.316. The second kappa shape index (κ2) is 7.20. The van der Waals surface area contributed by atoms with Gasteiger partial charge in [0.2, 0.25) is 0 Å². The van der Waals surface area contributed by atoms with E-state index in [-0.39, 0.29) is 11.9 Å². The molecule has 2 rings (SSSR count). The number of benzene rings is 2. The quantitative estimate of drug-likeness (QED) is 0.333. The molecule has 0 amide bonds. The highest BCUT2D eigenvalue weighted by atomic mass is 35.5. The van der Waals surface area contributed by atoms with Gasteiger partial charge >= 0.3 is 0 Å². The van der Waals surface area contributed by atoms with Crippen LogP contribution in [0.1, 0.15) is 18.0 Å². The van der Waals surface area contributed by atoms with Crippen LogP contribution in [-0.2, 0) is 0 Å². The fourth-order valence-corrected chi connectivity index (χ4v) is 2.35. The standard InChI is InChI=1S/C15H15Cl2N3O/c16-11-7-4-8-12(15(11)17)19-13(9-14(18)20-21)10-5-2-1-3-6-10/h1-8,13,19,21H,9H2,(H2,18,20). The minimum Gasteiger partial charge on any atom is -0.409 e. The van der Waals surface area contributed by atoms with E-state index < -0.39 is 0 Å². The van der Waals surface area contributed by atoms with Gasteiger partial charge in [-0.1, -0.05) is 64.8 Å². The van der Waals surface area contributed by atoms with Gasteiger partial charge in [0.1, 0.15) is 5.84 Å². The van der Waals surface area contributed by atoms with Crippen molar-refractivity contribution in [2.45, 2.75) is 12.5 Å². The van der Waals surface area contributed by atoms with E-state index in [1.807, 2.05) is 42.5 Å². The van der Waals surface area contributed by atoms with Crippen LogP contribution in [0.2, 0.25) is 10.0 Å². The third-order valence-electron chi connectivity index (χ3n) is 3.02. The Kier molecular flexibility index (Phi) is 5.31. The molecule has 21 heavy (non-hydrogen) atoms. The molecule has 0 fully saturated rings. The second-order valence-electron chi connectivity index (χ2n) is 4.50. The van der Waals surface area contributed by atoms with Gasteiger partial charge in [-0.15, -0.1) is 0 Å². The van der Waals surface area contributed by atoms with Gasteiger partial charge < -0.3 is 16.3 Å². The van der Waals surface area contributed by atoms with Crippen molar-refractivity contribution in [2.24, 2.45) is 10.9 Å². The van der Waals surface area contributed by atoms with Crippen molar-refractivity contribution in [2.75, 3.05) is 5.32 Å². The largest absolute Gasteiger partial charge is 0.409 e. The molecule has 0 heterocycles. The maximum atomic E-state index is 8.78. The SMILES string of the molecule is NC(CC(Nc1cccc(Cl)c1Cl)c1ccccc1)=NO. The van der Waals surface area contributed by atoms with Gasteiger partial charge in [0.25, 0.3) is 0 Å². The third-order valence-corrected chi connectivity index (χ3v) is 3.84. The van der Waals surface area contributed by atoms with Crippen molar-refractivity contribution in [3.63, 3.8) is 0 Å². The Bertz CT molecular complexity index is 632. The second-order valence-corrected chi connectivity index (χ2v) is 5.29. The van der Waals surface area contributed by atoms with Gasteiger partial charge in [0, 0.05) is 6.42 Å². The molecule has 0 aromatic heterocycles. The van der Waals surface area contributed by atoms with Crippen molar-refractivity contribution in [1.82, 2.24) is 0 Å². The molecular formula is C15H15Cl2N3O. The van der Waals surface area contributed by atoms with Gasteiger partial charge in [-0.2, -0.15) is 0 Å². The Morgan fingerprint density at radius 1 is 1.14 bits per heavy atom. The lowest BCUT2D eigenvalue weighted by atomic mass is 10.0. The minimum atomic E-state index is -0.182. The predicted octanol–water partition coefficient (Wildman–Crippen LogP) is 4.28. The molecule has 0 radical (unpaired) electrons. The Hall–Kier alpha value is -1.91. The smallest absolute Gasteiger partial charge is 0.141 e. The number of hydrogen-bond acceptors (Lipinski definition) is 3. The van der Waals surface area contributed by atoms with E-state index in [4.69, 9.17) is 34.1 Å².